The number of anilines is 1. The average molecular weight is 386 g/mol. The fourth-order valence-corrected chi connectivity index (χ4v) is 3.00. The fourth-order valence-electron chi connectivity index (χ4n) is 3.00. The molecule has 3 N–H and O–H groups in total. The average Bonchev–Trinajstić information content (AvgIpc) is 2.65. The first kappa shape index (κ1) is 21.0. The molecule has 2 unspecified atom stereocenters. The van der Waals surface area contributed by atoms with Gasteiger partial charge in [0, 0.05) is 17.2 Å². The van der Waals surface area contributed by atoms with Crippen LogP contribution in [0.3, 0.4) is 0 Å². The summed E-state index contributed by atoms with van der Waals surface area (Å²) in [5.41, 5.74) is 6.85. The van der Waals surface area contributed by atoms with Crippen LogP contribution in [0, 0.1) is 11.7 Å². The van der Waals surface area contributed by atoms with Crippen molar-refractivity contribution in [3.63, 3.8) is 0 Å². The molecule has 0 spiro atoms. The van der Waals surface area contributed by atoms with Crippen LogP contribution in [0.2, 0.25) is 0 Å². The molecule has 6 radical (unpaired) electrons. The number of amidine groups is 1. The van der Waals surface area contributed by atoms with Gasteiger partial charge in [0.15, 0.2) is 0 Å². The molecule has 1 aliphatic rings. The van der Waals surface area contributed by atoms with Crippen LogP contribution in [0.25, 0.3) is 0 Å². The largest absolute Gasteiger partial charge is 0.514 e. The van der Waals surface area contributed by atoms with Gasteiger partial charge in [-0.2, -0.15) is 0 Å². The summed E-state index contributed by atoms with van der Waals surface area (Å²) in [7, 11) is 16.1. The Balaban J connectivity index is 1.74. The van der Waals surface area contributed by atoms with Gasteiger partial charge in [-0.25, -0.2) is 9.37 Å². The van der Waals surface area contributed by atoms with Gasteiger partial charge in [-0.1, -0.05) is 6.92 Å². The third-order valence-corrected chi connectivity index (χ3v) is 4.56. The van der Waals surface area contributed by atoms with Gasteiger partial charge in [0.05, 0.1) is 18.1 Å². The van der Waals surface area contributed by atoms with E-state index in [0.717, 1.165) is 6.42 Å². The number of amides is 1. The predicted molar refractivity (Wildman–Crippen MR) is 112 cm³/mol. The fraction of sp³-hybridized carbons (Fsp3) is 0.316. The number of ether oxygens (including phenoxy) is 1. The number of carbonyl (C=O) groups excluding carboxylic acids is 1. The lowest BCUT2D eigenvalue weighted by Gasteiger charge is -2.24. The minimum atomic E-state index is -1.85. The molecule has 1 aromatic heterocycles. The Morgan fingerprint density at radius 3 is 2.66 bits per heavy atom. The molecule has 2 atom stereocenters. The summed E-state index contributed by atoms with van der Waals surface area (Å²) in [5.74, 6) is 0.0257. The molecule has 29 heavy (non-hydrogen) atoms. The highest BCUT2D eigenvalue weighted by Crippen LogP contribution is 2.32. The molecule has 1 amide bonds. The molecule has 0 bridgehead atoms. The monoisotopic (exact) mass is 386 g/mol. The number of hydrogen-bond donors (Lipinski definition) is 2. The zero-order chi connectivity index (χ0) is 21.2. The molecule has 142 valence electrons. The van der Waals surface area contributed by atoms with E-state index in [2.05, 4.69) is 15.3 Å². The van der Waals surface area contributed by atoms with Gasteiger partial charge in [0.25, 0.3) is 5.91 Å². The third kappa shape index (κ3) is 5.40. The van der Waals surface area contributed by atoms with Crippen molar-refractivity contribution in [3.05, 3.63) is 53.6 Å². The van der Waals surface area contributed by atoms with Gasteiger partial charge >= 0.3 is 0 Å². The van der Waals surface area contributed by atoms with E-state index in [-0.39, 0.29) is 23.4 Å². The van der Waals surface area contributed by atoms with E-state index < -0.39 is 17.0 Å². The minimum absolute atomic E-state index is 0.119. The number of benzene rings is 1. The van der Waals surface area contributed by atoms with Crippen molar-refractivity contribution < 1.29 is 13.9 Å². The Labute approximate surface area is 172 Å². The summed E-state index contributed by atoms with van der Waals surface area (Å²) in [5, 5.41) is 0.841. The second-order valence-corrected chi connectivity index (χ2v) is 7.07. The number of aromatic nitrogens is 1. The number of pyridine rings is 1. The molecule has 1 aromatic carbocycles. The first-order chi connectivity index (χ1) is 13.6. The van der Waals surface area contributed by atoms with Crippen molar-refractivity contribution in [2.24, 2.45) is 16.6 Å². The highest BCUT2D eigenvalue weighted by Gasteiger charge is 2.23. The number of halogens is 1. The second kappa shape index (κ2) is 8.31. The maximum Gasteiger partial charge on any atom is 0.274 e. The van der Waals surface area contributed by atoms with Gasteiger partial charge in [0.2, 0.25) is 0 Å². The van der Waals surface area contributed by atoms with Gasteiger partial charge in [0.1, 0.15) is 40.8 Å². The molecule has 6 nitrogen and oxygen atoms in total. The smallest absolute Gasteiger partial charge is 0.274 e. The molecule has 0 saturated carbocycles. The highest BCUT2D eigenvalue weighted by molar-refractivity contribution is 6.58. The van der Waals surface area contributed by atoms with Gasteiger partial charge in [-0.3, -0.25) is 9.79 Å². The number of hydrogen-bond acceptors (Lipinski definition) is 5. The van der Waals surface area contributed by atoms with Crippen LogP contribution in [-0.4, -0.2) is 45.6 Å². The number of aliphatic imine (C=N–C) groups is 1. The minimum Gasteiger partial charge on any atom is -0.514 e. The zero-order valence-electron chi connectivity index (χ0n) is 15.9. The zero-order valence-corrected chi connectivity index (χ0v) is 15.9. The van der Waals surface area contributed by atoms with Gasteiger partial charge in [-0.05, 0) is 48.5 Å². The summed E-state index contributed by atoms with van der Waals surface area (Å²) < 4.78 is 19.4. The predicted octanol–water partition coefficient (Wildman–Crippen LogP) is 1.80. The first-order valence-electron chi connectivity index (χ1n) is 9.08. The molecule has 0 aliphatic carbocycles. The summed E-state index contributed by atoms with van der Waals surface area (Å²) in [4.78, 5) is 20.8. The molecular formula is C19H18B3FN4O2. The van der Waals surface area contributed by atoms with E-state index in [1.54, 1.807) is 6.07 Å². The van der Waals surface area contributed by atoms with E-state index in [1.165, 1.54) is 30.5 Å². The van der Waals surface area contributed by atoms with Crippen molar-refractivity contribution in [2.75, 3.05) is 5.32 Å². The number of nitrogens with two attached hydrogens (primary N) is 1. The third-order valence-electron chi connectivity index (χ3n) is 4.56. The lowest BCUT2D eigenvalue weighted by Crippen LogP contribution is -2.37. The van der Waals surface area contributed by atoms with Crippen molar-refractivity contribution >= 4 is 41.0 Å². The van der Waals surface area contributed by atoms with E-state index in [9.17, 15) is 9.18 Å². The van der Waals surface area contributed by atoms with Crippen LogP contribution < -0.4 is 15.8 Å². The van der Waals surface area contributed by atoms with Crippen LogP contribution in [-0.2, 0) is 0 Å². The maximum absolute atomic E-state index is 14.3. The standard InChI is InChI=1S/C19H18B3FN4O2/c1-10-2-6-15(27-17(10)24)13-8-11(3-5-14(13)23)26-18(28)16-7-4-12(9-25-16)29-19(20,21)22/h3-5,7-10,15H,2,6H2,1H3,(H2,24,27)(H,26,28). The van der Waals surface area contributed by atoms with Crippen LogP contribution in [0.1, 0.15) is 41.9 Å². The van der Waals surface area contributed by atoms with E-state index in [4.69, 9.17) is 34.0 Å². The molecule has 1 aliphatic heterocycles. The molecule has 2 heterocycles. The molecule has 0 fully saturated rings. The SMILES string of the molecule is [B]C([B])([B])Oc1ccc(C(=O)Nc2ccc(F)c(C3CCC(C)C(N)=N3)c2)nc1. The van der Waals surface area contributed by atoms with E-state index >= 15 is 0 Å². The normalized spacial score (nSPS) is 19.3. The van der Waals surface area contributed by atoms with Crippen LogP contribution in [0.5, 0.6) is 5.75 Å². The van der Waals surface area contributed by atoms with Crippen LogP contribution in [0.15, 0.2) is 41.5 Å². The van der Waals surface area contributed by atoms with Gasteiger partial charge < -0.3 is 15.8 Å². The van der Waals surface area contributed by atoms with Crippen molar-refractivity contribution in [3.8, 4) is 5.75 Å². The van der Waals surface area contributed by atoms with Crippen molar-refractivity contribution in [1.82, 2.24) is 4.98 Å². The number of nitrogens with zero attached hydrogens (tertiary/aromatic N) is 2. The summed E-state index contributed by atoms with van der Waals surface area (Å²) in [6, 6.07) is 6.84. The Morgan fingerprint density at radius 1 is 1.28 bits per heavy atom. The Kier molecular flexibility index (Phi) is 6.00. The van der Waals surface area contributed by atoms with E-state index in [1.807, 2.05) is 6.92 Å². The maximum atomic E-state index is 14.3. The molecule has 10 heteroatoms. The lowest BCUT2D eigenvalue weighted by atomic mass is 9.52. The molecular weight excluding hydrogens is 368 g/mol. The van der Waals surface area contributed by atoms with Crippen molar-refractivity contribution in [1.29, 1.82) is 0 Å². The second-order valence-electron chi connectivity index (χ2n) is 7.07. The van der Waals surface area contributed by atoms with Gasteiger partial charge in [-0.15, -0.1) is 0 Å². The molecule has 2 aromatic rings. The lowest BCUT2D eigenvalue weighted by molar-refractivity contribution is 0.102. The van der Waals surface area contributed by atoms with Crippen LogP contribution in [0.4, 0.5) is 10.1 Å². The first-order valence-corrected chi connectivity index (χ1v) is 9.08. The molecule has 3 rings (SSSR count). The van der Waals surface area contributed by atoms with Crippen molar-refractivity contribution in [2.45, 2.75) is 31.1 Å². The number of nitrogens with one attached hydrogen (secondary N) is 1. The summed E-state index contributed by atoms with van der Waals surface area (Å²) >= 11 is 0. The Morgan fingerprint density at radius 2 is 2.03 bits per heavy atom. The quantitative estimate of drug-likeness (QED) is 0.768. The topological polar surface area (TPSA) is 89.6 Å². The number of rotatable bonds is 5. The van der Waals surface area contributed by atoms with E-state index in [0.29, 0.717) is 23.5 Å². The highest BCUT2D eigenvalue weighted by atomic mass is 19.1. The summed E-state index contributed by atoms with van der Waals surface area (Å²) in [6.45, 7) is 1.99. The Bertz CT molecular complexity index is 932. The Hall–Kier alpha value is -2.77. The van der Waals surface area contributed by atoms with Crippen LogP contribution >= 0.6 is 0 Å². The molecule has 0 saturated heterocycles. The number of carbonyl (C=O) groups is 1. The summed E-state index contributed by atoms with van der Waals surface area (Å²) in [6.07, 6.45) is 2.78.